The van der Waals surface area contributed by atoms with Gasteiger partial charge in [0.25, 0.3) is 5.56 Å². The number of benzene rings is 1. The summed E-state index contributed by atoms with van der Waals surface area (Å²) in [6.45, 7) is 4.45. The molecule has 6 nitrogen and oxygen atoms in total. The van der Waals surface area contributed by atoms with Gasteiger partial charge in [-0.2, -0.15) is 0 Å². The number of hydrogen-bond acceptors (Lipinski definition) is 6. The van der Waals surface area contributed by atoms with Crippen LogP contribution < -0.4 is 11.3 Å². The summed E-state index contributed by atoms with van der Waals surface area (Å²) in [7, 11) is 1.74. The molecule has 0 saturated heterocycles. The second-order valence-electron chi connectivity index (χ2n) is 6.06. The zero-order chi connectivity index (χ0) is 18.4. The fourth-order valence-corrected chi connectivity index (χ4v) is 4.91. The Morgan fingerprint density at radius 3 is 2.81 bits per heavy atom. The first-order chi connectivity index (χ1) is 12.5. The fraction of sp³-hybridized carbons (Fsp3) is 0.278. The highest BCUT2D eigenvalue weighted by atomic mass is 32.2. The van der Waals surface area contributed by atoms with E-state index in [0.29, 0.717) is 28.4 Å². The van der Waals surface area contributed by atoms with Gasteiger partial charge in [-0.1, -0.05) is 23.9 Å². The predicted octanol–water partition coefficient (Wildman–Crippen LogP) is 3.31. The number of rotatable bonds is 4. The zero-order valence-corrected chi connectivity index (χ0v) is 16.2. The molecule has 0 saturated carbocycles. The Hall–Kier alpha value is -2.32. The number of thioether (sulfide) groups is 1. The first-order valence-corrected chi connectivity index (χ1v) is 9.95. The van der Waals surface area contributed by atoms with Crippen LogP contribution in [0.25, 0.3) is 21.3 Å². The van der Waals surface area contributed by atoms with Crippen LogP contribution in [0.1, 0.15) is 10.4 Å². The number of aryl methyl sites for hydroxylation is 3. The molecule has 3 heterocycles. The molecule has 0 N–H and O–H groups in total. The number of oxazole rings is 1. The Morgan fingerprint density at radius 1 is 1.23 bits per heavy atom. The van der Waals surface area contributed by atoms with Gasteiger partial charge in [-0.15, -0.1) is 11.3 Å². The minimum atomic E-state index is -0.367. The summed E-state index contributed by atoms with van der Waals surface area (Å²) in [5, 5.41) is 1.36. The maximum absolute atomic E-state index is 12.7. The molecule has 0 fully saturated rings. The molecule has 0 bridgehead atoms. The third-order valence-electron chi connectivity index (χ3n) is 4.49. The van der Waals surface area contributed by atoms with Gasteiger partial charge in [0.05, 0.1) is 10.9 Å². The van der Waals surface area contributed by atoms with E-state index in [1.165, 1.54) is 11.8 Å². The molecule has 0 aliphatic carbocycles. The van der Waals surface area contributed by atoms with Crippen molar-refractivity contribution in [3.05, 3.63) is 55.6 Å². The molecule has 0 atom stereocenters. The average molecular weight is 387 g/mol. The molecule has 8 heteroatoms. The predicted molar refractivity (Wildman–Crippen MR) is 106 cm³/mol. The Balaban J connectivity index is 1.62. The molecular weight excluding hydrogens is 370 g/mol. The quantitative estimate of drug-likeness (QED) is 0.397. The van der Waals surface area contributed by atoms with E-state index in [1.807, 2.05) is 32.0 Å². The Morgan fingerprint density at radius 2 is 2.00 bits per heavy atom. The van der Waals surface area contributed by atoms with E-state index in [9.17, 15) is 9.59 Å². The Labute approximate surface area is 157 Å². The van der Waals surface area contributed by atoms with Crippen molar-refractivity contribution in [3.8, 4) is 0 Å². The number of para-hydroxylation sites is 2. The topological polar surface area (TPSA) is 70.0 Å². The normalized spacial score (nSPS) is 11.7. The van der Waals surface area contributed by atoms with Crippen molar-refractivity contribution < 1.29 is 4.42 Å². The molecule has 0 radical (unpaired) electrons. The van der Waals surface area contributed by atoms with Crippen LogP contribution in [0.2, 0.25) is 0 Å². The van der Waals surface area contributed by atoms with Crippen molar-refractivity contribution in [3.63, 3.8) is 0 Å². The lowest BCUT2D eigenvalue weighted by molar-refractivity contribution is 0.514. The molecule has 1 aromatic carbocycles. The van der Waals surface area contributed by atoms with Crippen LogP contribution in [0.5, 0.6) is 0 Å². The Bertz CT molecular complexity index is 1250. The molecule has 0 aliphatic rings. The zero-order valence-electron chi connectivity index (χ0n) is 14.6. The molecule has 4 rings (SSSR count). The lowest BCUT2D eigenvalue weighted by Gasteiger charge is -2.07. The van der Waals surface area contributed by atoms with Crippen molar-refractivity contribution in [2.75, 3.05) is 5.75 Å². The highest BCUT2D eigenvalue weighted by Gasteiger charge is 2.15. The summed E-state index contributed by atoms with van der Waals surface area (Å²) in [4.78, 5) is 31.2. The number of fused-ring (bicyclic) bond motifs is 2. The molecule has 0 spiro atoms. The average Bonchev–Trinajstić information content (AvgIpc) is 3.09. The molecule has 0 unspecified atom stereocenters. The van der Waals surface area contributed by atoms with Crippen molar-refractivity contribution in [2.45, 2.75) is 25.5 Å². The summed E-state index contributed by atoms with van der Waals surface area (Å²) in [5.74, 6) is 0.243. The molecule has 4 aromatic rings. The van der Waals surface area contributed by atoms with E-state index in [4.69, 9.17) is 4.42 Å². The van der Waals surface area contributed by atoms with Crippen molar-refractivity contribution >= 4 is 44.4 Å². The second-order valence-corrected chi connectivity index (χ2v) is 8.32. The first kappa shape index (κ1) is 17.1. The highest BCUT2D eigenvalue weighted by molar-refractivity contribution is 7.99. The fourth-order valence-electron chi connectivity index (χ4n) is 2.94. The van der Waals surface area contributed by atoms with Gasteiger partial charge in [-0.3, -0.25) is 13.9 Å². The Kier molecular flexibility index (Phi) is 4.24. The lowest BCUT2D eigenvalue weighted by atomic mass is 10.2. The third-order valence-corrected chi connectivity index (χ3v) is 6.60. The minimum absolute atomic E-state index is 0.0229. The molecule has 0 aliphatic heterocycles. The van der Waals surface area contributed by atoms with E-state index in [1.54, 1.807) is 33.6 Å². The molecule has 26 heavy (non-hydrogen) atoms. The number of hydrogen-bond donors (Lipinski definition) is 0. The molecule has 0 amide bonds. The van der Waals surface area contributed by atoms with E-state index in [-0.39, 0.29) is 11.3 Å². The van der Waals surface area contributed by atoms with Crippen LogP contribution in [0, 0.1) is 13.8 Å². The van der Waals surface area contributed by atoms with Crippen molar-refractivity contribution in [1.29, 1.82) is 0 Å². The first-order valence-electron chi connectivity index (χ1n) is 8.15. The summed E-state index contributed by atoms with van der Waals surface area (Å²) < 4.78 is 8.44. The molecular formula is C18H17N3O3S2. The molecule has 3 aromatic heterocycles. The summed E-state index contributed by atoms with van der Waals surface area (Å²) in [6, 6.07) is 7.36. The van der Waals surface area contributed by atoms with Gasteiger partial charge in [0.2, 0.25) is 0 Å². The maximum Gasteiger partial charge on any atom is 0.419 e. The number of thiophene rings is 1. The lowest BCUT2D eigenvalue weighted by Crippen LogP contribution is -2.20. The van der Waals surface area contributed by atoms with Crippen LogP contribution in [-0.4, -0.2) is 19.9 Å². The van der Waals surface area contributed by atoms with E-state index in [2.05, 4.69) is 4.98 Å². The van der Waals surface area contributed by atoms with Crippen LogP contribution in [-0.2, 0) is 13.6 Å². The largest absolute Gasteiger partial charge is 0.419 e. The molecule has 134 valence electrons. The second kappa shape index (κ2) is 6.44. The van der Waals surface area contributed by atoms with E-state index < -0.39 is 0 Å². The van der Waals surface area contributed by atoms with E-state index >= 15 is 0 Å². The summed E-state index contributed by atoms with van der Waals surface area (Å²) in [5.41, 5.74) is 2.34. The standard InChI is InChI=1S/C18H17N3O3S2/c1-10-11(2)26-15-14(10)16(22)20(3)17(19-15)25-9-8-21-12-6-4-5-7-13(12)24-18(21)23/h4-7H,8-9H2,1-3H3. The van der Waals surface area contributed by atoms with Gasteiger partial charge in [0.15, 0.2) is 10.7 Å². The van der Waals surface area contributed by atoms with Gasteiger partial charge >= 0.3 is 5.76 Å². The van der Waals surface area contributed by atoms with Crippen LogP contribution >= 0.6 is 23.1 Å². The van der Waals surface area contributed by atoms with Gasteiger partial charge in [-0.05, 0) is 31.5 Å². The number of nitrogens with zero attached hydrogens (tertiary/aromatic N) is 3. The summed E-state index contributed by atoms with van der Waals surface area (Å²) >= 11 is 3.01. The third kappa shape index (κ3) is 2.69. The maximum atomic E-state index is 12.7. The SMILES string of the molecule is Cc1sc2nc(SCCn3c(=O)oc4ccccc43)n(C)c(=O)c2c1C. The van der Waals surface area contributed by atoms with Crippen molar-refractivity contribution in [1.82, 2.24) is 14.1 Å². The minimum Gasteiger partial charge on any atom is -0.408 e. The highest BCUT2D eigenvalue weighted by Crippen LogP contribution is 2.28. The smallest absolute Gasteiger partial charge is 0.408 e. The van der Waals surface area contributed by atoms with Gasteiger partial charge in [-0.25, -0.2) is 9.78 Å². The van der Waals surface area contributed by atoms with Crippen LogP contribution in [0.15, 0.2) is 43.4 Å². The summed E-state index contributed by atoms with van der Waals surface area (Å²) in [6.07, 6.45) is 0. The van der Waals surface area contributed by atoms with Gasteiger partial charge < -0.3 is 4.42 Å². The monoisotopic (exact) mass is 387 g/mol. The van der Waals surface area contributed by atoms with Gasteiger partial charge in [0, 0.05) is 24.2 Å². The van der Waals surface area contributed by atoms with Crippen LogP contribution in [0.3, 0.4) is 0 Å². The van der Waals surface area contributed by atoms with E-state index in [0.717, 1.165) is 20.8 Å². The van der Waals surface area contributed by atoms with Crippen LogP contribution in [0.4, 0.5) is 0 Å². The number of aromatic nitrogens is 3. The van der Waals surface area contributed by atoms with Crippen molar-refractivity contribution in [2.24, 2.45) is 7.05 Å². The van der Waals surface area contributed by atoms with Gasteiger partial charge in [0.1, 0.15) is 4.83 Å².